The van der Waals surface area contributed by atoms with Gasteiger partial charge in [-0.25, -0.2) is 0 Å². The lowest BCUT2D eigenvalue weighted by atomic mass is 10.1. The smallest absolute Gasteiger partial charge is 0.255 e. The van der Waals surface area contributed by atoms with E-state index in [0.717, 1.165) is 23.2 Å². The summed E-state index contributed by atoms with van der Waals surface area (Å²) in [4.78, 5) is 25.0. The van der Waals surface area contributed by atoms with Crippen LogP contribution < -0.4 is 10.6 Å². The van der Waals surface area contributed by atoms with E-state index in [0.29, 0.717) is 17.7 Å². The van der Waals surface area contributed by atoms with Crippen LogP contribution in [0.15, 0.2) is 78.9 Å². The zero-order valence-electron chi connectivity index (χ0n) is 15.2. The van der Waals surface area contributed by atoms with Crippen LogP contribution in [0.5, 0.6) is 0 Å². The van der Waals surface area contributed by atoms with Crippen LogP contribution in [0.25, 0.3) is 0 Å². The average molecular weight is 358 g/mol. The van der Waals surface area contributed by atoms with E-state index >= 15 is 0 Å². The van der Waals surface area contributed by atoms with E-state index < -0.39 is 0 Å². The van der Waals surface area contributed by atoms with E-state index in [-0.39, 0.29) is 11.8 Å². The summed E-state index contributed by atoms with van der Waals surface area (Å²) in [6.07, 6.45) is 0.832. The number of para-hydroxylation sites is 1. The maximum Gasteiger partial charge on any atom is 0.255 e. The Labute approximate surface area is 159 Å². The Bertz CT molecular complexity index is 936. The lowest BCUT2D eigenvalue weighted by Crippen LogP contribution is -2.23. The summed E-state index contributed by atoms with van der Waals surface area (Å²) in [7, 11) is 0. The van der Waals surface area contributed by atoms with Crippen molar-refractivity contribution < 1.29 is 9.59 Å². The number of nitrogens with one attached hydrogen (secondary N) is 2. The average Bonchev–Trinajstić information content (AvgIpc) is 2.73. The molecule has 0 atom stereocenters. The SMILES string of the molecule is CCc1ccccc1NC(=O)c1cccc(C(=O)NCc2ccccc2)c1. The van der Waals surface area contributed by atoms with Gasteiger partial charge in [0.2, 0.25) is 0 Å². The van der Waals surface area contributed by atoms with Crippen LogP contribution in [0.1, 0.15) is 38.8 Å². The van der Waals surface area contributed by atoms with Crippen LogP contribution in [0.3, 0.4) is 0 Å². The molecule has 27 heavy (non-hydrogen) atoms. The first-order chi connectivity index (χ1) is 13.2. The predicted molar refractivity (Wildman–Crippen MR) is 108 cm³/mol. The Morgan fingerprint density at radius 2 is 1.44 bits per heavy atom. The number of carbonyl (C=O) groups excluding carboxylic acids is 2. The van der Waals surface area contributed by atoms with Gasteiger partial charge in [-0.05, 0) is 41.8 Å². The molecule has 0 aliphatic carbocycles. The molecule has 136 valence electrons. The molecule has 0 fully saturated rings. The largest absolute Gasteiger partial charge is 0.348 e. The number of anilines is 1. The van der Waals surface area contributed by atoms with Crippen molar-refractivity contribution in [1.82, 2.24) is 5.32 Å². The highest BCUT2D eigenvalue weighted by Crippen LogP contribution is 2.17. The highest BCUT2D eigenvalue weighted by molar-refractivity contribution is 6.06. The second-order valence-electron chi connectivity index (χ2n) is 6.21. The fourth-order valence-electron chi connectivity index (χ4n) is 2.83. The molecule has 0 saturated heterocycles. The minimum absolute atomic E-state index is 0.206. The molecule has 2 N–H and O–H groups in total. The van der Waals surface area contributed by atoms with Gasteiger partial charge in [0.25, 0.3) is 11.8 Å². The van der Waals surface area contributed by atoms with Gasteiger partial charge in [0.15, 0.2) is 0 Å². The number of benzene rings is 3. The molecule has 0 spiro atoms. The van der Waals surface area contributed by atoms with E-state index in [1.54, 1.807) is 24.3 Å². The lowest BCUT2D eigenvalue weighted by molar-refractivity contribution is 0.0951. The Hall–Kier alpha value is -3.40. The molecule has 4 nitrogen and oxygen atoms in total. The van der Waals surface area contributed by atoms with Crippen molar-refractivity contribution in [3.8, 4) is 0 Å². The molecule has 4 heteroatoms. The number of hydrogen-bond donors (Lipinski definition) is 2. The van der Waals surface area contributed by atoms with Gasteiger partial charge < -0.3 is 10.6 Å². The van der Waals surface area contributed by atoms with Crippen molar-refractivity contribution >= 4 is 17.5 Å². The monoisotopic (exact) mass is 358 g/mol. The molecular formula is C23H22N2O2. The molecule has 3 aromatic rings. The van der Waals surface area contributed by atoms with Gasteiger partial charge in [-0.3, -0.25) is 9.59 Å². The summed E-state index contributed by atoms with van der Waals surface area (Å²) in [6.45, 7) is 2.49. The van der Waals surface area contributed by atoms with E-state index in [4.69, 9.17) is 0 Å². The molecule has 0 heterocycles. The fourth-order valence-corrected chi connectivity index (χ4v) is 2.83. The van der Waals surface area contributed by atoms with Crippen molar-refractivity contribution in [2.24, 2.45) is 0 Å². The molecule has 0 radical (unpaired) electrons. The summed E-state index contributed by atoms with van der Waals surface area (Å²) in [5.41, 5.74) is 3.80. The van der Waals surface area contributed by atoms with Crippen LogP contribution in [-0.4, -0.2) is 11.8 Å². The normalized spacial score (nSPS) is 10.3. The molecule has 2 amide bonds. The van der Waals surface area contributed by atoms with Crippen LogP contribution >= 0.6 is 0 Å². The third-order valence-corrected chi connectivity index (χ3v) is 4.33. The van der Waals surface area contributed by atoms with Crippen molar-refractivity contribution in [2.45, 2.75) is 19.9 Å². The molecule has 0 unspecified atom stereocenters. The number of aryl methyl sites for hydroxylation is 1. The topological polar surface area (TPSA) is 58.2 Å². The first kappa shape index (κ1) is 18.4. The van der Waals surface area contributed by atoms with Crippen molar-refractivity contribution in [2.75, 3.05) is 5.32 Å². The van der Waals surface area contributed by atoms with Crippen molar-refractivity contribution in [3.63, 3.8) is 0 Å². The Morgan fingerprint density at radius 1 is 0.778 bits per heavy atom. The summed E-state index contributed by atoms with van der Waals surface area (Å²) in [6, 6.07) is 24.2. The van der Waals surface area contributed by atoms with Gasteiger partial charge >= 0.3 is 0 Å². The van der Waals surface area contributed by atoms with E-state index in [2.05, 4.69) is 10.6 Å². The zero-order chi connectivity index (χ0) is 19.1. The van der Waals surface area contributed by atoms with Crippen LogP contribution in [0.2, 0.25) is 0 Å². The number of carbonyl (C=O) groups is 2. The molecular weight excluding hydrogens is 336 g/mol. The first-order valence-electron chi connectivity index (χ1n) is 8.99. The third kappa shape index (κ3) is 4.82. The van der Waals surface area contributed by atoms with Crippen LogP contribution in [-0.2, 0) is 13.0 Å². The summed E-state index contributed by atoms with van der Waals surface area (Å²) in [5, 5.41) is 5.81. The highest BCUT2D eigenvalue weighted by atomic mass is 16.2. The van der Waals surface area contributed by atoms with E-state index in [9.17, 15) is 9.59 Å². The maximum absolute atomic E-state index is 12.6. The molecule has 0 aliphatic rings. The van der Waals surface area contributed by atoms with Gasteiger partial charge in [-0.1, -0.05) is 61.5 Å². The van der Waals surface area contributed by atoms with Gasteiger partial charge in [-0.15, -0.1) is 0 Å². The van der Waals surface area contributed by atoms with Gasteiger partial charge in [-0.2, -0.15) is 0 Å². The van der Waals surface area contributed by atoms with E-state index in [1.807, 2.05) is 61.5 Å². The van der Waals surface area contributed by atoms with Crippen LogP contribution in [0, 0.1) is 0 Å². The minimum Gasteiger partial charge on any atom is -0.348 e. The minimum atomic E-state index is -0.228. The number of hydrogen-bond acceptors (Lipinski definition) is 2. The van der Waals surface area contributed by atoms with E-state index in [1.165, 1.54) is 0 Å². The number of rotatable bonds is 6. The Kier molecular flexibility index (Phi) is 6.00. The molecule has 0 aromatic heterocycles. The molecule has 0 bridgehead atoms. The zero-order valence-corrected chi connectivity index (χ0v) is 15.2. The molecule has 3 rings (SSSR count). The maximum atomic E-state index is 12.6. The van der Waals surface area contributed by atoms with Gasteiger partial charge in [0.1, 0.15) is 0 Å². The highest BCUT2D eigenvalue weighted by Gasteiger charge is 2.12. The van der Waals surface area contributed by atoms with Gasteiger partial charge in [0.05, 0.1) is 0 Å². The van der Waals surface area contributed by atoms with Gasteiger partial charge in [0, 0.05) is 23.4 Å². The third-order valence-electron chi connectivity index (χ3n) is 4.33. The van der Waals surface area contributed by atoms with Crippen molar-refractivity contribution in [1.29, 1.82) is 0 Å². The van der Waals surface area contributed by atoms with Crippen molar-refractivity contribution in [3.05, 3.63) is 101 Å². The second-order valence-corrected chi connectivity index (χ2v) is 6.21. The Balaban J connectivity index is 1.69. The predicted octanol–water partition coefficient (Wildman–Crippen LogP) is 4.43. The Morgan fingerprint density at radius 3 is 2.19 bits per heavy atom. The standard InChI is InChI=1S/C23H22N2O2/c1-2-18-11-6-7-14-21(18)25-23(27)20-13-8-12-19(15-20)22(26)24-16-17-9-4-3-5-10-17/h3-15H,2,16H2,1H3,(H,24,26)(H,25,27). The summed E-state index contributed by atoms with van der Waals surface area (Å²) >= 11 is 0. The second kappa shape index (κ2) is 8.81. The summed E-state index contributed by atoms with van der Waals surface area (Å²) in [5.74, 6) is -0.434. The lowest BCUT2D eigenvalue weighted by Gasteiger charge is -2.11. The molecule has 0 saturated carbocycles. The number of amides is 2. The molecule has 0 aliphatic heterocycles. The summed E-state index contributed by atoms with van der Waals surface area (Å²) < 4.78 is 0. The fraction of sp³-hybridized carbons (Fsp3) is 0.130. The van der Waals surface area contributed by atoms with Crippen LogP contribution in [0.4, 0.5) is 5.69 Å². The first-order valence-corrected chi connectivity index (χ1v) is 8.99. The quantitative estimate of drug-likeness (QED) is 0.685. The molecule has 3 aromatic carbocycles.